The van der Waals surface area contributed by atoms with Crippen LogP contribution in [0, 0.1) is 0 Å². The summed E-state index contributed by atoms with van der Waals surface area (Å²) in [6, 6.07) is 8.15. The number of methoxy groups -OCH3 is 1. The van der Waals surface area contributed by atoms with Crippen molar-refractivity contribution in [2.45, 2.75) is 37.5 Å². The minimum absolute atomic E-state index is 0.00417. The van der Waals surface area contributed by atoms with E-state index in [9.17, 15) is 4.79 Å². The summed E-state index contributed by atoms with van der Waals surface area (Å²) in [5, 5.41) is 0. The van der Waals surface area contributed by atoms with Gasteiger partial charge in [0.15, 0.2) is 0 Å². The summed E-state index contributed by atoms with van der Waals surface area (Å²) in [5.74, 6) is 0.868. The predicted octanol–water partition coefficient (Wildman–Crippen LogP) is 3.23. The second-order valence-electron chi connectivity index (χ2n) is 4.98. The summed E-state index contributed by atoms with van der Waals surface area (Å²) in [6.07, 6.45) is 7.53. The summed E-state index contributed by atoms with van der Waals surface area (Å²) in [6.45, 7) is 0.545. The molecular formula is C15H19NO2. The highest BCUT2D eigenvalue weighted by atomic mass is 16.5. The minimum Gasteiger partial charge on any atom is -0.497 e. The van der Waals surface area contributed by atoms with Gasteiger partial charge in [0.2, 0.25) is 6.08 Å². The van der Waals surface area contributed by atoms with Crippen LogP contribution in [0.15, 0.2) is 29.3 Å². The first-order chi connectivity index (χ1) is 8.80. The fraction of sp³-hybridized carbons (Fsp3) is 0.533. The summed E-state index contributed by atoms with van der Waals surface area (Å²) < 4.78 is 5.29. The molecule has 3 heteroatoms. The molecule has 18 heavy (non-hydrogen) atoms. The lowest BCUT2D eigenvalue weighted by Gasteiger charge is -2.36. The van der Waals surface area contributed by atoms with Crippen LogP contribution in [-0.2, 0) is 10.2 Å². The van der Waals surface area contributed by atoms with Crippen molar-refractivity contribution < 1.29 is 9.53 Å². The zero-order chi connectivity index (χ0) is 12.8. The fourth-order valence-corrected chi connectivity index (χ4v) is 2.90. The lowest BCUT2D eigenvalue weighted by molar-refractivity contribution is 0.300. The monoisotopic (exact) mass is 245 g/mol. The highest BCUT2D eigenvalue weighted by molar-refractivity contribution is 5.37. The smallest absolute Gasteiger partial charge is 0.234 e. The molecule has 1 aliphatic carbocycles. The van der Waals surface area contributed by atoms with Gasteiger partial charge in [0.25, 0.3) is 0 Å². The molecule has 0 spiro atoms. The number of rotatable bonds is 4. The van der Waals surface area contributed by atoms with Crippen molar-refractivity contribution in [1.29, 1.82) is 0 Å². The van der Waals surface area contributed by atoms with E-state index in [2.05, 4.69) is 17.1 Å². The Morgan fingerprint density at radius 2 is 2.11 bits per heavy atom. The quantitative estimate of drug-likeness (QED) is 0.603. The van der Waals surface area contributed by atoms with Crippen molar-refractivity contribution in [2.24, 2.45) is 4.99 Å². The second kappa shape index (κ2) is 5.83. The number of benzene rings is 1. The highest BCUT2D eigenvalue weighted by Crippen LogP contribution is 2.40. The molecule has 0 atom stereocenters. The number of carbonyl (C=O) groups excluding carboxylic acids is 1. The Hall–Kier alpha value is -1.60. The van der Waals surface area contributed by atoms with Crippen LogP contribution in [0.1, 0.15) is 37.7 Å². The molecule has 0 saturated heterocycles. The molecule has 0 unspecified atom stereocenters. The molecule has 0 bridgehead atoms. The van der Waals surface area contributed by atoms with Gasteiger partial charge in [-0.05, 0) is 30.5 Å². The van der Waals surface area contributed by atoms with E-state index in [1.807, 2.05) is 12.1 Å². The number of hydrogen-bond acceptors (Lipinski definition) is 3. The van der Waals surface area contributed by atoms with Gasteiger partial charge in [-0.1, -0.05) is 31.4 Å². The van der Waals surface area contributed by atoms with Gasteiger partial charge in [-0.15, -0.1) is 0 Å². The average Bonchev–Trinajstić information content (AvgIpc) is 2.46. The second-order valence-corrected chi connectivity index (χ2v) is 4.98. The largest absolute Gasteiger partial charge is 0.497 e. The number of isocyanates is 1. The molecule has 3 nitrogen and oxygen atoms in total. The van der Waals surface area contributed by atoms with E-state index in [0.717, 1.165) is 18.6 Å². The number of ether oxygens (including phenoxy) is 1. The van der Waals surface area contributed by atoms with Gasteiger partial charge >= 0.3 is 0 Å². The number of nitrogens with zero attached hydrogens (tertiary/aromatic N) is 1. The van der Waals surface area contributed by atoms with E-state index in [1.165, 1.54) is 24.8 Å². The van der Waals surface area contributed by atoms with Gasteiger partial charge in [0.1, 0.15) is 5.75 Å². The minimum atomic E-state index is 0.00417. The van der Waals surface area contributed by atoms with Gasteiger partial charge in [0.05, 0.1) is 13.7 Å². The Bertz CT molecular complexity index is 444. The van der Waals surface area contributed by atoms with Crippen molar-refractivity contribution in [1.82, 2.24) is 0 Å². The molecular weight excluding hydrogens is 226 g/mol. The molecule has 1 aromatic rings. The summed E-state index contributed by atoms with van der Waals surface area (Å²) >= 11 is 0. The zero-order valence-electron chi connectivity index (χ0n) is 10.8. The predicted molar refractivity (Wildman–Crippen MR) is 70.7 cm³/mol. The molecule has 0 N–H and O–H groups in total. The van der Waals surface area contributed by atoms with E-state index in [0.29, 0.717) is 6.54 Å². The molecule has 0 aliphatic heterocycles. The van der Waals surface area contributed by atoms with E-state index in [1.54, 1.807) is 13.2 Å². The molecule has 0 aromatic heterocycles. The number of aliphatic imine (C=N–C) groups is 1. The van der Waals surface area contributed by atoms with Crippen LogP contribution < -0.4 is 4.74 Å². The van der Waals surface area contributed by atoms with Crippen molar-refractivity contribution in [3.8, 4) is 5.75 Å². The molecule has 96 valence electrons. The summed E-state index contributed by atoms with van der Waals surface area (Å²) in [7, 11) is 1.68. The molecule has 0 heterocycles. The van der Waals surface area contributed by atoms with Crippen LogP contribution in [0.2, 0.25) is 0 Å². The van der Waals surface area contributed by atoms with Gasteiger partial charge in [-0.2, -0.15) is 0 Å². The topological polar surface area (TPSA) is 38.7 Å². The van der Waals surface area contributed by atoms with Crippen molar-refractivity contribution in [2.75, 3.05) is 13.7 Å². The van der Waals surface area contributed by atoms with Gasteiger partial charge in [-0.3, -0.25) is 0 Å². The maximum atomic E-state index is 10.4. The molecule has 1 aliphatic rings. The normalized spacial score (nSPS) is 17.8. The molecule has 1 saturated carbocycles. The van der Waals surface area contributed by atoms with E-state index in [4.69, 9.17) is 4.74 Å². The Balaban J connectivity index is 2.34. The summed E-state index contributed by atoms with van der Waals surface area (Å²) in [5.41, 5.74) is 1.24. The van der Waals surface area contributed by atoms with Crippen LogP contribution >= 0.6 is 0 Å². The first kappa shape index (κ1) is 12.8. The number of hydrogen-bond donors (Lipinski definition) is 0. The third-order valence-electron chi connectivity index (χ3n) is 3.94. The maximum Gasteiger partial charge on any atom is 0.234 e. The van der Waals surface area contributed by atoms with Gasteiger partial charge < -0.3 is 4.74 Å². The Morgan fingerprint density at radius 1 is 1.33 bits per heavy atom. The Morgan fingerprint density at radius 3 is 2.78 bits per heavy atom. The lowest BCUT2D eigenvalue weighted by Crippen LogP contribution is -2.32. The van der Waals surface area contributed by atoms with Crippen LogP contribution in [0.5, 0.6) is 5.75 Å². The van der Waals surface area contributed by atoms with Gasteiger partial charge in [0, 0.05) is 5.41 Å². The first-order valence-electron chi connectivity index (χ1n) is 6.49. The molecule has 0 amide bonds. The van der Waals surface area contributed by atoms with Crippen LogP contribution in [-0.4, -0.2) is 19.7 Å². The third-order valence-corrected chi connectivity index (χ3v) is 3.94. The third kappa shape index (κ3) is 2.62. The fourth-order valence-electron chi connectivity index (χ4n) is 2.90. The van der Waals surface area contributed by atoms with Crippen molar-refractivity contribution >= 4 is 6.08 Å². The highest BCUT2D eigenvalue weighted by Gasteiger charge is 2.34. The Labute approximate surface area is 108 Å². The lowest BCUT2D eigenvalue weighted by atomic mass is 9.69. The first-order valence-corrected chi connectivity index (χ1v) is 6.49. The van der Waals surface area contributed by atoms with E-state index in [-0.39, 0.29) is 5.41 Å². The van der Waals surface area contributed by atoms with Crippen LogP contribution in [0.3, 0.4) is 0 Å². The molecule has 1 aromatic carbocycles. The van der Waals surface area contributed by atoms with Crippen molar-refractivity contribution in [3.05, 3.63) is 29.8 Å². The summed E-state index contributed by atoms with van der Waals surface area (Å²) in [4.78, 5) is 14.3. The van der Waals surface area contributed by atoms with Gasteiger partial charge in [-0.25, -0.2) is 9.79 Å². The molecule has 0 radical (unpaired) electrons. The molecule has 1 fully saturated rings. The standard InChI is InChI=1S/C15H19NO2/c1-18-14-7-5-6-13(10-14)15(11-16-12-17)8-3-2-4-9-15/h5-7,10H,2-4,8-9,11H2,1H3. The SMILES string of the molecule is COc1cccc(C2(CN=C=O)CCCCC2)c1. The maximum absolute atomic E-state index is 10.4. The zero-order valence-corrected chi connectivity index (χ0v) is 10.8. The van der Waals surface area contributed by atoms with E-state index < -0.39 is 0 Å². The van der Waals surface area contributed by atoms with Crippen LogP contribution in [0.25, 0.3) is 0 Å². The molecule has 2 rings (SSSR count). The van der Waals surface area contributed by atoms with Crippen LogP contribution in [0.4, 0.5) is 0 Å². The van der Waals surface area contributed by atoms with E-state index >= 15 is 0 Å². The van der Waals surface area contributed by atoms with Crippen molar-refractivity contribution in [3.63, 3.8) is 0 Å². The average molecular weight is 245 g/mol. The Kier molecular flexibility index (Phi) is 4.16.